The van der Waals surface area contributed by atoms with Crippen LogP contribution in [0.4, 0.5) is 5.95 Å². The first-order valence-corrected chi connectivity index (χ1v) is 12.1. The fourth-order valence-electron chi connectivity index (χ4n) is 4.35. The second kappa shape index (κ2) is 7.51. The van der Waals surface area contributed by atoms with Crippen molar-refractivity contribution in [3.8, 4) is 5.69 Å². The van der Waals surface area contributed by atoms with Crippen molar-refractivity contribution < 1.29 is 8.42 Å². The summed E-state index contributed by atoms with van der Waals surface area (Å²) in [6.45, 7) is 2.76. The normalized spacial score (nSPS) is 20.6. The smallest absolute Gasteiger partial charge is 0.263 e. The van der Waals surface area contributed by atoms with Gasteiger partial charge in [-0.2, -0.15) is 10.1 Å². The molecule has 1 N–H and O–H groups in total. The Hall–Kier alpha value is -2.72. The number of sulfone groups is 1. The number of benzene rings is 1. The number of fused-ring (bicyclic) bond motifs is 1. The third kappa shape index (κ3) is 3.61. The first kappa shape index (κ1) is 19.3. The van der Waals surface area contributed by atoms with Crippen LogP contribution in [0.1, 0.15) is 12.8 Å². The maximum absolute atomic E-state index is 12.6. The van der Waals surface area contributed by atoms with E-state index in [1.165, 1.54) is 0 Å². The maximum Gasteiger partial charge on any atom is 0.263 e. The fourth-order valence-corrected chi connectivity index (χ4v) is 5.58. The van der Waals surface area contributed by atoms with Crippen molar-refractivity contribution in [1.29, 1.82) is 0 Å². The number of hydrogen-bond acceptors (Lipinski definition) is 7. The van der Waals surface area contributed by atoms with Crippen LogP contribution >= 0.6 is 0 Å². The van der Waals surface area contributed by atoms with Crippen molar-refractivity contribution in [2.24, 2.45) is 0 Å². The number of rotatable bonds is 3. The number of nitrogens with one attached hydrogen (secondary N) is 1. The Morgan fingerprint density at radius 3 is 2.40 bits per heavy atom. The standard InChI is InChI=1S/C20H24N6O3S/c27-19-17-14-21-26(16-4-2-1-3-5-16)18(17)22-20(23-19)25-8-6-15(7-9-25)24-10-12-30(28,29)13-11-24/h1-5,14-15H,6-13H2,(H,22,23,27). The van der Waals surface area contributed by atoms with Crippen molar-refractivity contribution in [3.63, 3.8) is 0 Å². The second-order valence-electron chi connectivity index (χ2n) is 7.92. The lowest BCUT2D eigenvalue weighted by atomic mass is 10.0. The van der Waals surface area contributed by atoms with Crippen molar-refractivity contribution in [1.82, 2.24) is 24.6 Å². The molecule has 2 aliphatic rings. The van der Waals surface area contributed by atoms with E-state index in [1.807, 2.05) is 30.3 Å². The van der Waals surface area contributed by atoms with Gasteiger partial charge in [-0.25, -0.2) is 13.1 Å². The van der Waals surface area contributed by atoms with Gasteiger partial charge in [0.05, 0.1) is 23.4 Å². The zero-order valence-corrected chi connectivity index (χ0v) is 17.4. The molecule has 0 amide bonds. The average molecular weight is 429 g/mol. The van der Waals surface area contributed by atoms with Crippen LogP contribution in [0.3, 0.4) is 0 Å². The number of H-pyrrole nitrogens is 1. The number of nitrogens with zero attached hydrogens (tertiary/aromatic N) is 5. The van der Waals surface area contributed by atoms with Crippen LogP contribution in [-0.4, -0.2) is 76.8 Å². The van der Waals surface area contributed by atoms with E-state index in [4.69, 9.17) is 4.98 Å². The van der Waals surface area contributed by atoms with E-state index in [9.17, 15) is 13.2 Å². The molecule has 0 atom stereocenters. The number of aromatic nitrogens is 4. The molecule has 4 heterocycles. The second-order valence-corrected chi connectivity index (χ2v) is 10.2. The number of anilines is 1. The third-order valence-corrected chi connectivity index (χ3v) is 7.69. The molecule has 0 spiro atoms. The molecular formula is C20H24N6O3S. The summed E-state index contributed by atoms with van der Waals surface area (Å²) in [6, 6.07) is 10.0. The van der Waals surface area contributed by atoms with Crippen molar-refractivity contribution in [3.05, 3.63) is 46.9 Å². The summed E-state index contributed by atoms with van der Waals surface area (Å²) < 4.78 is 25.0. The van der Waals surface area contributed by atoms with Crippen molar-refractivity contribution in [2.75, 3.05) is 42.6 Å². The van der Waals surface area contributed by atoms with Gasteiger partial charge in [0, 0.05) is 32.2 Å². The van der Waals surface area contributed by atoms with Crippen LogP contribution in [0.25, 0.3) is 16.7 Å². The zero-order valence-electron chi connectivity index (χ0n) is 16.6. The van der Waals surface area contributed by atoms with E-state index in [2.05, 4.69) is 19.9 Å². The van der Waals surface area contributed by atoms with Crippen LogP contribution < -0.4 is 10.5 Å². The number of piperidine rings is 1. The Morgan fingerprint density at radius 2 is 1.70 bits per heavy atom. The van der Waals surface area contributed by atoms with Crippen LogP contribution in [0.5, 0.6) is 0 Å². The summed E-state index contributed by atoms with van der Waals surface area (Å²) in [7, 11) is -2.87. The van der Waals surface area contributed by atoms with Gasteiger partial charge < -0.3 is 4.90 Å². The van der Waals surface area contributed by atoms with Gasteiger partial charge in [0.2, 0.25) is 5.95 Å². The summed E-state index contributed by atoms with van der Waals surface area (Å²) in [5.41, 5.74) is 1.21. The SMILES string of the molecule is O=c1[nH]c(N2CCC(N3CCS(=O)(=O)CC3)CC2)nc2c1cnn2-c1ccccc1. The molecule has 2 aliphatic heterocycles. The maximum atomic E-state index is 12.6. The van der Waals surface area contributed by atoms with Gasteiger partial charge in [-0.15, -0.1) is 0 Å². The molecule has 0 saturated carbocycles. The van der Waals surface area contributed by atoms with Gasteiger partial charge in [-0.1, -0.05) is 18.2 Å². The summed E-state index contributed by atoms with van der Waals surface area (Å²) in [6.07, 6.45) is 3.38. The van der Waals surface area contributed by atoms with Gasteiger partial charge >= 0.3 is 0 Å². The third-order valence-electron chi connectivity index (χ3n) is 6.09. The van der Waals surface area contributed by atoms with E-state index in [-0.39, 0.29) is 17.1 Å². The van der Waals surface area contributed by atoms with E-state index in [0.717, 1.165) is 31.6 Å². The predicted molar refractivity (Wildman–Crippen MR) is 115 cm³/mol. The summed E-state index contributed by atoms with van der Waals surface area (Å²) in [4.78, 5) is 24.6. The van der Waals surface area contributed by atoms with Crippen LogP contribution in [0.2, 0.25) is 0 Å². The first-order valence-electron chi connectivity index (χ1n) is 10.2. The minimum atomic E-state index is -2.87. The molecule has 2 fully saturated rings. The minimum Gasteiger partial charge on any atom is -0.342 e. The Balaban J connectivity index is 1.35. The molecule has 0 unspecified atom stereocenters. The van der Waals surface area contributed by atoms with Crippen molar-refractivity contribution in [2.45, 2.75) is 18.9 Å². The molecule has 9 nitrogen and oxygen atoms in total. The molecule has 5 rings (SSSR count). The molecule has 0 aliphatic carbocycles. The van der Waals surface area contributed by atoms with Gasteiger partial charge in [-0.3, -0.25) is 14.7 Å². The van der Waals surface area contributed by atoms with Crippen LogP contribution in [0, 0.1) is 0 Å². The van der Waals surface area contributed by atoms with Gasteiger partial charge in [0.1, 0.15) is 5.39 Å². The Bertz CT molecular complexity index is 1200. The lowest BCUT2D eigenvalue weighted by Crippen LogP contribution is -2.50. The fraction of sp³-hybridized carbons (Fsp3) is 0.450. The first-order chi connectivity index (χ1) is 14.5. The largest absolute Gasteiger partial charge is 0.342 e. The molecule has 2 saturated heterocycles. The summed E-state index contributed by atoms with van der Waals surface area (Å²) in [5.74, 6) is 1.06. The summed E-state index contributed by atoms with van der Waals surface area (Å²) >= 11 is 0. The Kier molecular flexibility index (Phi) is 4.82. The molecule has 3 aromatic rings. The molecule has 30 heavy (non-hydrogen) atoms. The molecule has 10 heteroatoms. The van der Waals surface area contributed by atoms with Gasteiger partial charge in [-0.05, 0) is 25.0 Å². The predicted octanol–water partition coefficient (Wildman–Crippen LogP) is 0.808. The molecule has 2 aromatic heterocycles. The highest BCUT2D eigenvalue weighted by molar-refractivity contribution is 7.91. The minimum absolute atomic E-state index is 0.194. The summed E-state index contributed by atoms with van der Waals surface area (Å²) in [5, 5.41) is 4.82. The number of aromatic amines is 1. The number of hydrogen-bond donors (Lipinski definition) is 1. The van der Waals surface area contributed by atoms with Crippen LogP contribution in [0.15, 0.2) is 41.3 Å². The molecule has 1 aromatic carbocycles. The Labute approximate surface area is 174 Å². The lowest BCUT2D eigenvalue weighted by molar-refractivity contribution is 0.182. The number of para-hydroxylation sites is 1. The van der Waals surface area contributed by atoms with Gasteiger partial charge in [0.25, 0.3) is 5.56 Å². The van der Waals surface area contributed by atoms with Crippen LogP contribution in [-0.2, 0) is 9.84 Å². The average Bonchev–Trinajstić information content (AvgIpc) is 3.19. The van der Waals surface area contributed by atoms with Crippen molar-refractivity contribution >= 4 is 26.8 Å². The monoisotopic (exact) mass is 428 g/mol. The Morgan fingerprint density at radius 1 is 1.00 bits per heavy atom. The van der Waals surface area contributed by atoms with E-state index in [1.54, 1.807) is 10.9 Å². The quantitative estimate of drug-likeness (QED) is 0.658. The topological polar surface area (TPSA) is 104 Å². The van der Waals surface area contributed by atoms with E-state index >= 15 is 0 Å². The molecule has 0 radical (unpaired) electrons. The van der Waals surface area contributed by atoms with E-state index in [0.29, 0.717) is 36.1 Å². The zero-order chi connectivity index (χ0) is 20.7. The van der Waals surface area contributed by atoms with E-state index < -0.39 is 9.84 Å². The molecular weight excluding hydrogens is 404 g/mol. The van der Waals surface area contributed by atoms with Gasteiger partial charge in [0.15, 0.2) is 15.5 Å². The highest BCUT2D eigenvalue weighted by atomic mass is 32.2. The molecule has 0 bridgehead atoms. The highest BCUT2D eigenvalue weighted by Gasteiger charge is 2.30. The highest BCUT2D eigenvalue weighted by Crippen LogP contribution is 2.22. The molecule has 158 valence electrons. The lowest BCUT2D eigenvalue weighted by Gasteiger charge is -2.40.